The summed E-state index contributed by atoms with van der Waals surface area (Å²) in [6, 6.07) is 2.49. The highest BCUT2D eigenvalue weighted by Gasteiger charge is 2.20. The molecule has 1 aromatic rings. The molecular weight excluding hydrogens is 222 g/mol. The van der Waals surface area contributed by atoms with Crippen molar-refractivity contribution in [3.8, 4) is 0 Å². The van der Waals surface area contributed by atoms with Gasteiger partial charge in [-0.15, -0.1) is 0 Å². The van der Waals surface area contributed by atoms with Gasteiger partial charge in [-0.25, -0.2) is 9.97 Å². The van der Waals surface area contributed by atoms with Gasteiger partial charge in [-0.3, -0.25) is 4.90 Å². The zero-order valence-corrected chi connectivity index (χ0v) is 10.7. The zero-order chi connectivity index (χ0) is 11.5. The van der Waals surface area contributed by atoms with Crippen molar-refractivity contribution in [1.82, 2.24) is 14.9 Å². The van der Waals surface area contributed by atoms with Gasteiger partial charge < -0.3 is 0 Å². The molecule has 0 atom stereocenters. The molecule has 0 bridgehead atoms. The molecule has 0 N–H and O–H groups in total. The molecule has 1 aromatic heterocycles. The Kier molecular flexibility index (Phi) is 3.77. The maximum absolute atomic E-state index is 5.92. The van der Waals surface area contributed by atoms with Crippen molar-refractivity contribution in [3.05, 3.63) is 22.7 Å². The van der Waals surface area contributed by atoms with E-state index in [1.165, 1.54) is 25.7 Å². The number of aryl methyl sites for hydroxylation is 1. The monoisotopic (exact) mass is 239 g/mol. The summed E-state index contributed by atoms with van der Waals surface area (Å²) in [6.07, 6.45) is 5.31. The number of halogens is 1. The largest absolute Gasteiger partial charge is 0.296 e. The summed E-state index contributed by atoms with van der Waals surface area (Å²) in [7, 11) is 2.15. The molecule has 0 aliphatic heterocycles. The first-order valence-electron chi connectivity index (χ1n) is 5.85. The first-order valence-corrected chi connectivity index (χ1v) is 6.23. The highest BCUT2D eigenvalue weighted by atomic mass is 35.5. The quantitative estimate of drug-likeness (QED) is 0.760. The van der Waals surface area contributed by atoms with Crippen LogP contribution in [-0.2, 0) is 6.54 Å². The van der Waals surface area contributed by atoms with Crippen molar-refractivity contribution in [1.29, 1.82) is 0 Å². The number of hydrogen-bond donors (Lipinski definition) is 0. The SMILES string of the molecule is Cc1cc(Cl)nc(CN(C)C2CCCC2)n1. The normalized spacial score (nSPS) is 17.2. The van der Waals surface area contributed by atoms with Gasteiger partial charge in [0.15, 0.2) is 0 Å². The average Bonchev–Trinajstić information content (AvgIpc) is 2.68. The van der Waals surface area contributed by atoms with Crippen LogP contribution in [0.5, 0.6) is 0 Å². The third kappa shape index (κ3) is 2.92. The average molecular weight is 240 g/mol. The maximum Gasteiger partial charge on any atom is 0.144 e. The summed E-state index contributed by atoms with van der Waals surface area (Å²) in [6.45, 7) is 2.75. The molecular formula is C12H18ClN3. The van der Waals surface area contributed by atoms with Crippen LogP contribution >= 0.6 is 11.6 Å². The van der Waals surface area contributed by atoms with Gasteiger partial charge in [0.25, 0.3) is 0 Å². The Labute approximate surface area is 102 Å². The minimum Gasteiger partial charge on any atom is -0.296 e. The van der Waals surface area contributed by atoms with E-state index in [1.807, 2.05) is 6.92 Å². The van der Waals surface area contributed by atoms with Crippen LogP contribution in [0.15, 0.2) is 6.07 Å². The van der Waals surface area contributed by atoms with E-state index in [9.17, 15) is 0 Å². The molecule has 0 unspecified atom stereocenters. The Morgan fingerprint density at radius 3 is 2.69 bits per heavy atom. The third-order valence-electron chi connectivity index (χ3n) is 3.21. The molecule has 1 heterocycles. The Bertz CT molecular complexity index is 341. The fourth-order valence-corrected chi connectivity index (χ4v) is 2.61. The molecule has 2 rings (SSSR count). The molecule has 0 spiro atoms. The summed E-state index contributed by atoms with van der Waals surface area (Å²) >= 11 is 5.92. The van der Waals surface area contributed by atoms with Crippen LogP contribution in [0.2, 0.25) is 5.15 Å². The van der Waals surface area contributed by atoms with Crippen molar-refractivity contribution in [2.45, 2.75) is 45.2 Å². The summed E-state index contributed by atoms with van der Waals surface area (Å²) < 4.78 is 0. The highest BCUT2D eigenvalue weighted by Crippen LogP contribution is 2.23. The number of nitrogens with zero attached hydrogens (tertiary/aromatic N) is 3. The molecule has 0 radical (unpaired) electrons. The second-order valence-electron chi connectivity index (χ2n) is 4.60. The van der Waals surface area contributed by atoms with Gasteiger partial charge in [0, 0.05) is 11.7 Å². The van der Waals surface area contributed by atoms with Gasteiger partial charge in [0.2, 0.25) is 0 Å². The number of rotatable bonds is 3. The zero-order valence-electron chi connectivity index (χ0n) is 9.91. The molecule has 4 heteroatoms. The standard InChI is InChI=1S/C12H18ClN3/c1-9-7-11(13)15-12(14-9)8-16(2)10-5-3-4-6-10/h7,10H,3-6,8H2,1-2H3. The van der Waals surface area contributed by atoms with Gasteiger partial charge >= 0.3 is 0 Å². The second-order valence-corrected chi connectivity index (χ2v) is 4.99. The predicted molar refractivity (Wildman–Crippen MR) is 65.5 cm³/mol. The van der Waals surface area contributed by atoms with E-state index >= 15 is 0 Å². The molecule has 1 aliphatic rings. The molecule has 1 saturated carbocycles. The molecule has 1 aliphatic carbocycles. The lowest BCUT2D eigenvalue weighted by Gasteiger charge is -2.23. The molecule has 3 nitrogen and oxygen atoms in total. The summed E-state index contributed by atoms with van der Waals surface area (Å²) in [5.41, 5.74) is 0.940. The van der Waals surface area contributed by atoms with E-state index in [2.05, 4.69) is 21.9 Å². The van der Waals surface area contributed by atoms with Crippen molar-refractivity contribution in [2.24, 2.45) is 0 Å². The van der Waals surface area contributed by atoms with Gasteiger partial charge in [0.05, 0.1) is 6.54 Å². The summed E-state index contributed by atoms with van der Waals surface area (Å²) in [5.74, 6) is 0.833. The Morgan fingerprint density at radius 1 is 1.38 bits per heavy atom. The first kappa shape index (κ1) is 11.8. The van der Waals surface area contributed by atoms with Gasteiger partial charge in [-0.1, -0.05) is 24.4 Å². The molecule has 16 heavy (non-hydrogen) atoms. The Balaban J connectivity index is 2.02. The Hall–Kier alpha value is -0.670. The molecule has 0 aromatic carbocycles. The maximum atomic E-state index is 5.92. The van der Waals surface area contributed by atoms with E-state index in [0.29, 0.717) is 11.2 Å². The first-order chi connectivity index (χ1) is 7.65. The smallest absolute Gasteiger partial charge is 0.144 e. The van der Waals surface area contributed by atoms with E-state index in [4.69, 9.17) is 11.6 Å². The Morgan fingerprint density at radius 2 is 2.06 bits per heavy atom. The van der Waals surface area contributed by atoms with Crippen LogP contribution in [0.4, 0.5) is 0 Å². The summed E-state index contributed by atoms with van der Waals surface area (Å²) in [5, 5.41) is 0.544. The second kappa shape index (κ2) is 5.11. The van der Waals surface area contributed by atoms with Crippen LogP contribution in [0.3, 0.4) is 0 Å². The number of aromatic nitrogens is 2. The van der Waals surface area contributed by atoms with Crippen molar-refractivity contribution >= 4 is 11.6 Å². The topological polar surface area (TPSA) is 29.0 Å². The fraction of sp³-hybridized carbons (Fsp3) is 0.667. The van der Waals surface area contributed by atoms with Crippen LogP contribution in [-0.4, -0.2) is 28.0 Å². The van der Waals surface area contributed by atoms with Crippen LogP contribution in [0, 0.1) is 6.92 Å². The lowest BCUT2D eigenvalue weighted by atomic mass is 10.2. The molecule has 88 valence electrons. The minimum atomic E-state index is 0.544. The minimum absolute atomic E-state index is 0.544. The number of hydrogen-bond acceptors (Lipinski definition) is 3. The van der Waals surface area contributed by atoms with E-state index < -0.39 is 0 Å². The van der Waals surface area contributed by atoms with E-state index in [1.54, 1.807) is 6.07 Å². The molecule has 0 amide bonds. The van der Waals surface area contributed by atoms with Crippen LogP contribution in [0.25, 0.3) is 0 Å². The van der Waals surface area contributed by atoms with E-state index in [0.717, 1.165) is 18.1 Å². The van der Waals surface area contributed by atoms with E-state index in [-0.39, 0.29) is 0 Å². The van der Waals surface area contributed by atoms with Crippen molar-refractivity contribution in [2.75, 3.05) is 7.05 Å². The van der Waals surface area contributed by atoms with Crippen molar-refractivity contribution < 1.29 is 0 Å². The lowest BCUT2D eigenvalue weighted by molar-refractivity contribution is 0.231. The predicted octanol–water partition coefficient (Wildman–Crippen LogP) is 2.81. The summed E-state index contributed by atoms with van der Waals surface area (Å²) in [4.78, 5) is 11.0. The van der Waals surface area contributed by atoms with Gasteiger partial charge in [-0.05, 0) is 32.9 Å². The fourth-order valence-electron chi connectivity index (χ4n) is 2.36. The highest BCUT2D eigenvalue weighted by molar-refractivity contribution is 6.29. The third-order valence-corrected chi connectivity index (χ3v) is 3.40. The molecule has 0 saturated heterocycles. The van der Waals surface area contributed by atoms with Crippen LogP contribution < -0.4 is 0 Å². The lowest BCUT2D eigenvalue weighted by Crippen LogP contribution is -2.29. The van der Waals surface area contributed by atoms with Crippen LogP contribution in [0.1, 0.15) is 37.2 Å². The van der Waals surface area contributed by atoms with Crippen molar-refractivity contribution in [3.63, 3.8) is 0 Å². The van der Waals surface area contributed by atoms with Gasteiger partial charge in [0.1, 0.15) is 11.0 Å². The molecule has 1 fully saturated rings. The van der Waals surface area contributed by atoms with Gasteiger partial charge in [-0.2, -0.15) is 0 Å².